The van der Waals surface area contributed by atoms with Gasteiger partial charge in [0.1, 0.15) is 11.4 Å². The van der Waals surface area contributed by atoms with Gasteiger partial charge >= 0.3 is 0 Å². The standard InChI is InChI=1S/C17H20N2O3/c1-12-10-14(20)11-15(19-12)17(21)18-9-5-7-13-6-3-4-8-16(13)22-2/h3-4,6,8,10-11H,5,7,9H2,1-2H3,(H,18,21)(H,19,20). The predicted molar refractivity (Wildman–Crippen MR) is 85.4 cm³/mol. The van der Waals surface area contributed by atoms with E-state index in [1.807, 2.05) is 24.3 Å². The fourth-order valence-corrected chi connectivity index (χ4v) is 2.29. The summed E-state index contributed by atoms with van der Waals surface area (Å²) in [5.74, 6) is 0.595. The van der Waals surface area contributed by atoms with Crippen LogP contribution in [0.2, 0.25) is 0 Å². The molecular weight excluding hydrogens is 280 g/mol. The van der Waals surface area contributed by atoms with Gasteiger partial charge in [0, 0.05) is 24.4 Å². The summed E-state index contributed by atoms with van der Waals surface area (Å²) in [4.78, 5) is 26.3. The van der Waals surface area contributed by atoms with Crippen LogP contribution < -0.4 is 15.5 Å². The molecule has 0 fully saturated rings. The predicted octanol–water partition coefficient (Wildman–Crippen LogP) is 2.05. The highest BCUT2D eigenvalue weighted by atomic mass is 16.5. The number of carbonyl (C=O) groups excluding carboxylic acids is 1. The number of methoxy groups -OCH3 is 1. The SMILES string of the molecule is COc1ccccc1CCCNC(=O)c1cc(=O)cc(C)[nH]1. The third kappa shape index (κ3) is 4.22. The molecule has 2 N–H and O–H groups in total. The molecule has 0 aliphatic carbocycles. The second-order valence-corrected chi connectivity index (χ2v) is 5.08. The monoisotopic (exact) mass is 300 g/mol. The normalized spacial score (nSPS) is 10.3. The van der Waals surface area contributed by atoms with Gasteiger partial charge in [-0.05, 0) is 31.4 Å². The zero-order valence-corrected chi connectivity index (χ0v) is 12.8. The number of aromatic amines is 1. The Morgan fingerprint density at radius 1 is 1.27 bits per heavy atom. The van der Waals surface area contributed by atoms with Gasteiger partial charge in [0.25, 0.3) is 5.91 Å². The Kier molecular flexibility index (Phi) is 5.36. The number of H-pyrrole nitrogens is 1. The lowest BCUT2D eigenvalue weighted by molar-refractivity contribution is 0.0948. The topological polar surface area (TPSA) is 71.2 Å². The van der Waals surface area contributed by atoms with E-state index in [0.29, 0.717) is 17.9 Å². The fourth-order valence-electron chi connectivity index (χ4n) is 2.29. The number of ether oxygens (including phenoxy) is 1. The van der Waals surface area contributed by atoms with E-state index >= 15 is 0 Å². The van der Waals surface area contributed by atoms with Gasteiger partial charge in [-0.1, -0.05) is 18.2 Å². The lowest BCUT2D eigenvalue weighted by Crippen LogP contribution is -2.27. The summed E-state index contributed by atoms with van der Waals surface area (Å²) in [5, 5.41) is 2.81. The Morgan fingerprint density at radius 3 is 2.77 bits per heavy atom. The lowest BCUT2D eigenvalue weighted by atomic mass is 10.1. The Bertz CT molecular complexity index is 707. The molecule has 116 valence electrons. The van der Waals surface area contributed by atoms with Crippen molar-refractivity contribution in [1.29, 1.82) is 0 Å². The minimum Gasteiger partial charge on any atom is -0.496 e. The van der Waals surface area contributed by atoms with Gasteiger partial charge in [-0.25, -0.2) is 0 Å². The van der Waals surface area contributed by atoms with Crippen LogP contribution in [0.3, 0.4) is 0 Å². The summed E-state index contributed by atoms with van der Waals surface area (Å²) in [6.07, 6.45) is 1.61. The van der Waals surface area contributed by atoms with Crippen molar-refractivity contribution in [2.45, 2.75) is 19.8 Å². The van der Waals surface area contributed by atoms with E-state index in [4.69, 9.17) is 4.74 Å². The first-order chi connectivity index (χ1) is 10.6. The number of aromatic nitrogens is 1. The van der Waals surface area contributed by atoms with Crippen molar-refractivity contribution in [2.75, 3.05) is 13.7 Å². The zero-order chi connectivity index (χ0) is 15.9. The molecule has 0 bridgehead atoms. The van der Waals surface area contributed by atoms with Gasteiger partial charge in [-0.3, -0.25) is 9.59 Å². The molecule has 5 heteroatoms. The summed E-state index contributed by atoms with van der Waals surface area (Å²) in [5.41, 5.74) is 1.91. The highest BCUT2D eigenvalue weighted by Crippen LogP contribution is 2.18. The third-order valence-corrected chi connectivity index (χ3v) is 3.32. The van der Waals surface area contributed by atoms with E-state index in [0.717, 1.165) is 24.2 Å². The lowest BCUT2D eigenvalue weighted by Gasteiger charge is -2.09. The number of nitrogens with one attached hydrogen (secondary N) is 2. The number of rotatable bonds is 6. The number of benzene rings is 1. The van der Waals surface area contributed by atoms with Crippen molar-refractivity contribution < 1.29 is 9.53 Å². The molecule has 0 saturated heterocycles. The van der Waals surface area contributed by atoms with Gasteiger partial charge in [0.2, 0.25) is 0 Å². The van der Waals surface area contributed by atoms with Gasteiger partial charge in [-0.2, -0.15) is 0 Å². The maximum Gasteiger partial charge on any atom is 0.267 e. The fraction of sp³-hybridized carbons (Fsp3) is 0.294. The molecule has 0 radical (unpaired) electrons. The molecule has 2 rings (SSSR count). The van der Waals surface area contributed by atoms with Crippen LogP contribution in [0.4, 0.5) is 0 Å². The highest BCUT2D eigenvalue weighted by Gasteiger charge is 2.07. The van der Waals surface area contributed by atoms with Crippen LogP contribution in [0.5, 0.6) is 5.75 Å². The van der Waals surface area contributed by atoms with Crippen LogP contribution in [0, 0.1) is 6.92 Å². The van der Waals surface area contributed by atoms with Crippen LogP contribution >= 0.6 is 0 Å². The van der Waals surface area contributed by atoms with E-state index < -0.39 is 0 Å². The highest BCUT2D eigenvalue weighted by molar-refractivity contribution is 5.92. The first-order valence-corrected chi connectivity index (χ1v) is 7.21. The Labute approximate surface area is 129 Å². The number of hydrogen-bond donors (Lipinski definition) is 2. The zero-order valence-electron chi connectivity index (χ0n) is 12.8. The van der Waals surface area contributed by atoms with Crippen molar-refractivity contribution in [3.05, 3.63) is 63.6 Å². The quantitative estimate of drug-likeness (QED) is 0.802. The molecule has 0 aliphatic heterocycles. The van der Waals surface area contributed by atoms with Gasteiger partial charge in [0.05, 0.1) is 7.11 Å². The number of para-hydroxylation sites is 1. The van der Waals surface area contributed by atoms with Crippen LogP contribution in [-0.2, 0) is 6.42 Å². The molecular formula is C17H20N2O3. The number of aryl methyl sites for hydroxylation is 2. The Morgan fingerprint density at radius 2 is 2.05 bits per heavy atom. The smallest absolute Gasteiger partial charge is 0.267 e. The molecule has 0 saturated carbocycles. The van der Waals surface area contributed by atoms with Gasteiger partial charge < -0.3 is 15.0 Å². The average Bonchev–Trinajstić information content (AvgIpc) is 2.50. The van der Waals surface area contributed by atoms with Crippen molar-refractivity contribution in [1.82, 2.24) is 10.3 Å². The van der Waals surface area contributed by atoms with Crippen molar-refractivity contribution in [3.8, 4) is 5.75 Å². The first kappa shape index (κ1) is 15.8. The molecule has 1 aromatic heterocycles. The summed E-state index contributed by atoms with van der Waals surface area (Å²) in [7, 11) is 1.65. The van der Waals surface area contributed by atoms with E-state index in [1.165, 1.54) is 12.1 Å². The molecule has 0 spiro atoms. The minimum absolute atomic E-state index is 0.171. The van der Waals surface area contributed by atoms with Crippen LogP contribution in [0.15, 0.2) is 41.2 Å². The van der Waals surface area contributed by atoms with Crippen molar-refractivity contribution in [2.24, 2.45) is 0 Å². The molecule has 1 aromatic carbocycles. The summed E-state index contributed by atoms with van der Waals surface area (Å²) in [6, 6.07) is 10.6. The van der Waals surface area contributed by atoms with Crippen LogP contribution in [-0.4, -0.2) is 24.5 Å². The maximum atomic E-state index is 12.0. The number of carbonyl (C=O) groups is 1. The molecule has 1 heterocycles. The van der Waals surface area contributed by atoms with Crippen molar-refractivity contribution in [3.63, 3.8) is 0 Å². The van der Waals surface area contributed by atoms with Crippen LogP contribution in [0.25, 0.3) is 0 Å². The molecule has 0 unspecified atom stereocenters. The first-order valence-electron chi connectivity index (χ1n) is 7.21. The number of pyridine rings is 1. The van der Waals surface area contributed by atoms with Gasteiger partial charge in [0.15, 0.2) is 5.43 Å². The largest absolute Gasteiger partial charge is 0.496 e. The number of amides is 1. The van der Waals surface area contributed by atoms with E-state index in [-0.39, 0.29) is 11.3 Å². The molecule has 1 amide bonds. The Balaban J connectivity index is 1.86. The second-order valence-electron chi connectivity index (χ2n) is 5.08. The van der Waals surface area contributed by atoms with E-state index in [9.17, 15) is 9.59 Å². The van der Waals surface area contributed by atoms with E-state index in [1.54, 1.807) is 14.0 Å². The average molecular weight is 300 g/mol. The minimum atomic E-state index is -0.263. The second kappa shape index (κ2) is 7.45. The van der Waals surface area contributed by atoms with Crippen LogP contribution in [0.1, 0.15) is 28.2 Å². The molecule has 5 nitrogen and oxygen atoms in total. The summed E-state index contributed by atoms with van der Waals surface area (Å²) >= 11 is 0. The third-order valence-electron chi connectivity index (χ3n) is 3.32. The molecule has 2 aromatic rings. The summed E-state index contributed by atoms with van der Waals surface area (Å²) in [6.45, 7) is 2.28. The number of hydrogen-bond acceptors (Lipinski definition) is 3. The summed E-state index contributed by atoms with van der Waals surface area (Å²) < 4.78 is 5.29. The van der Waals surface area contributed by atoms with Crippen molar-refractivity contribution >= 4 is 5.91 Å². The van der Waals surface area contributed by atoms with E-state index in [2.05, 4.69) is 10.3 Å². The molecule has 0 atom stereocenters. The van der Waals surface area contributed by atoms with Gasteiger partial charge in [-0.15, -0.1) is 0 Å². The maximum absolute atomic E-state index is 12.0. The molecule has 22 heavy (non-hydrogen) atoms. The Hall–Kier alpha value is -2.56. The molecule has 0 aliphatic rings.